The molecule has 0 aromatic heterocycles. The zero-order valence-corrected chi connectivity index (χ0v) is 19.4. The Hall–Kier alpha value is -3.09. The molecule has 0 radical (unpaired) electrons. The number of likely N-dealkylation sites (tertiary alicyclic amines) is 1. The van der Waals surface area contributed by atoms with E-state index >= 15 is 0 Å². The Morgan fingerprint density at radius 2 is 1.73 bits per heavy atom. The number of nitrogens with one attached hydrogen (secondary N) is 1. The second-order valence-electron chi connectivity index (χ2n) is 8.50. The number of nitriles is 1. The number of rotatable bonds is 7. The number of hydrogen-bond donors (Lipinski definition) is 1. The fourth-order valence-electron chi connectivity index (χ4n) is 4.69. The summed E-state index contributed by atoms with van der Waals surface area (Å²) < 4.78 is 30.4. The highest BCUT2D eigenvalue weighted by molar-refractivity contribution is 7.91. The molecular formula is C24H28N4O4S. The van der Waals surface area contributed by atoms with E-state index in [0.29, 0.717) is 31.6 Å². The molecule has 2 aromatic rings. The maximum Gasteiger partial charge on any atom is 0.321 e. The lowest BCUT2D eigenvalue weighted by atomic mass is 10.2. The fourth-order valence-corrected chi connectivity index (χ4v) is 5.99. The van der Waals surface area contributed by atoms with Crippen LogP contribution < -0.4 is 10.1 Å². The summed E-state index contributed by atoms with van der Waals surface area (Å²) in [7, 11) is -1.78. The topological polar surface area (TPSA) is 103 Å². The number of amides is 2. The van der Waals surface area contributed by atoms with Crippen molar-refractivity contribution in [1.82, 2.24) is 9.80 Å². The highest BCUT2D eigenvalue weighted by atomic mass is 32.2. The minimum absolute atomic E-state index is 0.0660. The maximum atomic E-state index is 12.8. The average Bonchev–Trinajstić information content (AvgIpc) is 3.05. The molecule has 2 aliphatic rings. The molecule has 2 amide bonds. The third kappa shape index (κ3) is 5.29. The second kappa shape index (κ2) is 9.81. The van der Waals surface area contributed by atoms with Crippen molar-refractivity contribution in [2.24, 2.45) is 0 Å². The van der Waals surface area contributed by atoms with Gasteiger partial charge >= 0.3 is 6.03 Å². The number of anilines is 1. The highest BCUT2D eigenvalue weighted by Gasteiger charge is 2.41. The van der Waals surface area contributed by atoms with Crippen molar-refractivity contribution in [2.75, 3.05) is 37.8 Å². The van der Waals surface area contributed by atoms with E-state index in [-0.39, 0.29) is 28.8 Å². The Kier molecular flexibility index (Phi) is 6.86. The molecule has 2 aromatic carbocycles. The molecule has 0 aliphatic carbocycles. The Labute approximate surface area is 194 Å². The van der Waals surface area contributed by atoms with Gasteiger partial charge in [0.1, 0.15) is 5.75 Å². The summed E-state index contributed by atoms with van der Waals surface area (Å²) >= 11 is 0. The van der Waals surface area contributed by atoms with E-state index < -0.39 is 9.84 Å². The zero-order valence-electron chi connectivity index (χ0n) is 18.6. The average molecular weight is 469 g/mol. The molecule has 2 unspecified atom stereocenters. The molecule has 2 saturated heterocycles. The van der Waals surface area contributed by atoms with Gasteiger partial charge in [-0.3, -0.25) is 4.90 Å². The Morgan fingerprint density at radius 3 is 2.30 bits per heavy atom. The van der Waals surface area contributed by atoms with E-state index in [2.05, 4.69) is 10.2 Å². The normalized spacial score (nSPS) is 20.3. The van der Waals surface area contributed by atoms with Crippen LogP contribution in [0.25, 0.3) is 0 Å². The summed E-state index contributed by atoms with van der Waals surface area (Å²) in [5, 5.41) is 11.8. The van der Waals surface area contributed by atoms with Gasteiger partial charge < -0.3 is 15.0 Å². The number of carbonyl (C=O) groups excluding carboxylic acids is 1. The van der Waals surface area contributed by atoms with Gasteiger partial charge in [0.15, 0.2) is 9.84 Å². The van der Waals surface area contributed by atoms with Crippen LogP contribution in [0, 0.1) is 11.3 Å². The van der Waals surface area contributed by atoms with Gasteiger partial charge in [-0.05, 0) is 74.3 Å². The van der Waals surface area contributed by atoms with Crippen LogP contribution in [0.5, 0.6) is 5.75 Å². The Balaban J connectivity index is 1.29. The van der Waals surface area contributed by atoms with Gasteiger partial charge in [-0.2, -0.15) is 5.26 Å². The van der Waals surface area contributed by atoms with Gasteiger partial charge in [-0.25, -0.2) is 13.2 Å². The van der Waals surface area contributed by atoms with Crippen molar-refractivity contribution in [3.8, 4) is 11.8 Å². The molecule has 8 nitrogen and oxygen atoms in total. The number of carbonyl (C=O) groups is 1. The predicted octanol–water partition coefficient (Wildman–Crippen LogP) is 3.11. The van der Waals surface area contributed by atoms with Gasteiger partial charge in [-0.15, -0.1) is 0 Å². The minimum Gasteiger partial charge on any atom is -0.497 e. The third-order valence-corrected chi connectivity index (χ3v) is 8.25. The number of ether oxygens (including phenoxy) is 1. The maximum absolute atomic E-state index is 12.8. The SMILES string of the molecule is COc1ccc(NC(=O)N2CC3CCC(C2)N3CCCS(=O)(=O)c2ccc(C#N)cc2)cc1. The van der Waals surface area contributed by atoms with Crippen molar-refractivity contribution in [3.05, 3.63) is 54.1 Å². The summed E-state index contributed by atoms with van der Waals surface area (Å²) in [6.45, 7) is 1.97. The molecular weight excluding hydrogens is 440 g/mol. The third-order valence-electron chi connectivity index (χ3n) is 6.43. The first kappa shape index (κ1) is 23.1. The van der Waals surface area contributed by atoms with Crippen LogP contribution >= 0.6 is 0 Å². The lowest BCUT2D eigenvalue weighted by Crippen LogP contribution is -2.56. The van der Waals surface area contributed by atoms with Crippen LogP contribution in [-0.4, -0.2) is 68.8 Å². The molecule has 4 rings (SSSR count). The number of urea groups is 1. The monoisotopic (exact) mass is 468 g/mol. The van der Waals surface area contributed by atoms with Crippen LogP contribution in [0.3, 0.4) is 0 Å². The van der Waals surface area contributed by atoms with Crippen molar-refractivity contribution in [2.45, 2.75) is 36.2 Å². The van der Waals surface area contributed by atoms with E-state index in [1.54, 1.807) is 7.11 Å². The van der Waals surface area contributed by atoms with E-state index in [9.17, 15) is 13.2 Å². The first-order chi connectivity index (χ1) is 15.9. The first-order valence-electron chi connectivity index (χ1n) is 11.1. The highest BCUT2D eigenvalue weighted by Crippen LogP contribution is 2.31. The van der Waals surface area contributed by atoms with Crippen molar-refractivity contribution in [3.63, 3.8) is 0 Å². The molecule has 2 heterocycles. The van der Waals surface area contributed by atoms with E-state index in [0.717, 1.165) is 24.3 Å². The number of benzene rings is 2. The smallest absolute Gasteiger partial charge is 0.321 e. The number of sulfone groups is 1. The minimum atomic E-state index is -3.38. The first-order valence-corrected chi connectivity index (χ1v) is 12.7. The quantitative estimate of drug-likeness (QED) is 0.670. The number of nitrogens with zero attached hydrogens (tertiary/aromatic N) is 3. The number of hydrogen-bond acceptors (Lipinski definition) is 6. The van der Waals surface area contributed by atoms with Gasteiger partial charge in [0.25, 0.3) is 0 Å². The molecule has 9 heteroatoms. The van der Waals surface area contributed by atoms with E-state index in [1.807, 2.05) is 35.2 Å². The number of fused-ring (bicyclic) bond motifs is 2. The van der Waals surface area contributed by atoms with Crippen LogP contribution in [0.15, 0.2) is 53.4 Å². The molecule has 2 fully saturated rings. The molecule has 2 bridgehead atoms. The standard InChI is InChI=1S/C24H28N4O4S/c1-32-22-9-5-19(6-10-22)26-24(29)27-16-20-7-8-21(17-27)28(20)13-2-14-33(30,31)23-11-3-18(15-25)4-12-23/h3-6,9-12,20-21H,2,7-8,13-14,16-17H2,1H3,(H,26,29). The molecule has 2 aliphatic heterocycles. The van der Waals surface area contributed by atoms with E-state index in [1.165, 1.54) is 24.3 Å². The summed E-state index contributed by atoms with van der Waals surface area (Å²) in [4.78, 5) is 17.2. The van der Waals surface area contributed by atoms with Gasteiger partial charge in [0, 0.05) is 30.9 Å². The van der Waals surface area contributed by atoms with Crippen molar-refractivity contribution < 1.29 is 17.9 Å². The lowest BCUT2D eigenvalue weighted by Gasteiger charge is -2.41. The van der Waals surface area contributed by atoms with E-state index in [4.69, 9.17) is 10.00 Å². The molecule has 174 valence electrons. The van der Waals surface area contributed by atoms with Crippen LogP contribution in [0.1, 0.15) is 24.8 Å². The molecule has 33 heavy (non-hydrogen) atoms. The lowest BCUT2D eigenvalue weighted by molar-refractivity contribution is 0.0876. The zero-order chi connectivity index (χ0) is 23.4. The van der Waals surface area contributed by atoms with Gasteiger partial charge in [0.05, 0.1) is 29.4 Å². The Bertz CT molecular complexity index is 1110. The molecule has 2 atom stereocenters. The molecule has 0 spiro atoms. The largest absolute Gasteiger partial charge is 0.497 e. The van der Waals surface area contributed by atoms with Crippen LogP contribution in [-0.2, 0) is 9.84 Å². The Morgan fingerprint density at radius 1 is 1.09 bits per heavy atom. The predicted molar refractivity (Wildman–Crippen MR) is 125 cm³/mol. The van der Waals surface area contributed by atoms with Crippen molar-refractivity contribution in [1.29, 1.82) is 5.26 Å². The molecule has 1 N–H and O–H groups in total. The van der Waals surface area contributed by atoms with Crippen LogP contribution in [0.4, 0.5) is 10.5 Å². The van der Waals surface area contributed by atoms with Crippen LogP contribution in [0.2, 0.25) is 0 Å². The number of methoxy groups -OCH3 is 1. The summed E-state index contributed by atoms with van der Waals surface area (Å²) in [5.41, 5.74) is 1.17. The molecule has 0 saturated carbocycles. The summed E-state index contributed by atoms with van der Waals surface area (Å²) in [5.74, 6) is 0.803. The number of piperazine rings is 1. The van der Waals surface area contributed by atoms with Gasteiger partial charge in [0.2, 0.25) is 0 Å². The fraction of sp³-hybridized carbons (Fsp3) is 0.417. The summed E-state index contributed by atoms with van der Waals surface area (Å²) in [6.07, 6.45) is 2.56. The summed E-state index contributed by atoms with van der Waals surface area (Å²) in [6, 6.07) is 15.7. The van der Waals surface area contributed by atoms with Gasteiger partial charge in [-0.1, -0.05) is 0 Å². The second-order valence-corrected chi connectivity index (χ2v) is 10.6. The van der Waals surface area contributed by atoms with Crippen molar-refractivity contribution >= 4 is 21.6 Å².